The zero-order valence-corrected chi connectivity index (χ0v) is 15.9. The van der Waals surface area contributed by atoms with Crippen molar-refractivity contribution in [3.8, 4) is 11.5 Å². The number of anilines is 1. The number of rotatable bonds is 10. The molecule has 0 saturated heterocycles. The molecule has 0 saturated carbocycles. The Labute approximate surface area is 164 Å². The average Bonchev–Trinajstić information content (AvgIpc) is 3.14. The van der Waals surface area contributed by atoms with Crippen LogP contribution in [0.3, 0.4) is 0 Å². The minimum Gasteiger partial charge on any atom is -0.490 e. The summed E-state index contributed by atoms with van der Waals surface area (Å²) in [6, 6.07) is 13.2. The van der Waals surface area contributed by atoms with Crippen molar-refractivity contribution in [1.82, 2.24) is 14.8 Å². The second kappa shape index (κ2) is 10.1. The van der Waals surface area contributed by atoms with Gasteiger partial charge >= 0.3 is 0 Å². The first-order chi connectivity index (χ1) is 13.7. The van der Waals surface area contributed by atoms with Gasteiger partial charge in [-0.15, -0.1) is 0 Å². The van der Waals surface area contributed by atoms with Crippen LogP contribution in [0.2, 0.25) is 0 Å². The van der Waals surface area contributed by atoms with E-state index in [2.05, 4.69) is 15.4 Å². The van der Waals surface area contributed by atoms with Crippen molar-refractivity contribution in [2.24, 2.45) is 0 Å². The van der Waals surface area contributed by atoms with Crippen LogP contribution < -0.4 is 14.8 Å². The quantitative estimate of drug-likeness (QED) is 0.545. The van der Waals surface area contributed by atoms with E-state index in [9.17, 15) is 4.79 Å². The van der Waals surface area contributed by atoms with Gasteiger partial charge in [-0.1, -0.05) is 12.1 Å². The number of nitrogens with zero attached hydrogens (tertiary/aromatic N) is 3. The van der Waals surface area contributed by atoms with Crippen molar-refractivity contribution < 1.29 is 14.3 Å². The predicted octanol–water partition coefficient (Wildman–Crippen LogP) is 3.52. The number of ether oxygens (including phenoxy) is 2. The molecule has 0 spiro atoms. The highest BCUT2D eigenvalue weighted by Gasteiger charge is 2.07. The van der Waals surface area contributed by atoms with E-state index in [1.54, 1.807) is 23.1 Å². The van der Waals surface area contributed by atoms with Gasteiger partial charge in [-0.3, -0.25) is 14.5 Å². The highest BCUT2D eigenvalue weighted by molar-refractivity contribution is 5.89. The highest BCUT2D eigenvalue weighted by atomic mass is 16.5. The molecule has 3 rings (SSSR count). The summed E-state index contributed by atoms with van der Waals surface area (Å²) in [7, 11) is 0. The summed E-state index contributed by atoms with van der Waals surface area (Å²) < 4.78 is 13.0. The molecule has 2 heterocycles. The molecule has 0 aliphatic carbocycles. The molecule has 0 unspecified atom stereocenters. The Morgan fingerprint density at radius 1 is 1.07 bits per heavy atom. The Morgan fingerprint density at radius 2 is 1.82 bits per heavy atom. The third kappa shape index (κ3) is 5.84. The van der Waals surface area contributed by atoms with Gasteiger partial charge in [-0.25, -0.2) is 0 Å². The largest absolute Gasteiger partial charge is 0.490 e. The summed E-state index contributed by atoms with van der Waals surface area (Å²) in [5.74, 6) is 1.87. The Balaban J connectivity index is 1.40. The molecule has 7 nitrogen and oxygen atoms in total. The fourth-order valence-electron chi connectivity index (χ4n) is 2.66. The third-order valence-corrected chi connectivity index (χ3v) is 3.96. The molecule has 2 aromatic heterocycles. The lowest BCUT2D eigenvalue weighted by Gasteiger charge is -2.11. The number of hydrogen-bond acceptors (Lipinski definition) is 5. The first kappa shape index (κ1) is 19.4. The number of carbonyl (C=O) groups is 1. The van der Waals surface area contributed by atoms with Crippen LogP contribution in [0.5, 0.6) is 11.5 Å². The first-order valence-corrected chi connectivity index (χ1v) is 9.31. The summed E-state index contributed by atoms with van der Waals surface area (Å²) in [6.45, 7) is 3.58. The molecule has 0 bridgehead atoms. The van der Waals surface area contributed by atoms with Gasteiger partial charge in [-0.2, -0.15) is 5.10 Å². The molecular weight excluding hydrogens is 356 g/mol. The predicted molar refractivity (Wildman–Crippen MR) is 107 cm³/mol. The van der Waals surface area contributed by atoms with Gasteiger partial charge in [0.1, 0.15) is 0 Å². The fraction of sp³-hybridized carbons (Fsp3) is 0.286. The zero-order valence-electron chi connectivity index (χ0n) is 15.9. The summed E-state index contributed by atoms with van der Waals surface area (Å²) in [4.78, 5) is 16.1. The maximum absolute atomic E-state index is 12.1. The van der Waals surface area contributed by atoms with Crippen molar-refractivity contribution in [2.75, 3.05) is 18.5 Å². The molecule has 0 aliphatic heterocycles. The van der Waals surface area contributed by atoms with Gasteiger partial charge in [0.15, 0.2) is 17.3 Å². The van der Waals surface area contributed by atoms with Crippen LogP contribution >= 0.6 is 0 Å². The van der Waals surface area contributed by atoms with Gasteiger partial charge in [0.05, 0.1) is 19.8 Å². The van der Waals surface area contributed by atoms with Crippen molar-refractivity contribution in [2.45, 2.75) is 26.3 Å². The lowest BCUT2D eigenvalue weighted by Crippen LogP contribution is -2.13. The standard InChI is InChI=1S/C21H24N4O3/c1-2-27-18-6-3-4-7-19(18)28-15-5-8-21(26)23-20-11-14-25(24-20)16-17-9-12-22-13-10-17/h3-4,6-7,9-14H,2,5,8,15-16H2,1H3,(H,23,24,26). The van der Waals surface area contributed by atoms with Crippen LogP contribution in [0.25, 0.3) is 0 Å². The van der Waals surface area contributed by atoms with E-state index < -0.39 is 0 Å². The molecule has 146 valence electrons. The molecule has 0 radical (unpaired) electrons. The van der Waals surface area contributed by atoms with Gasteiger partial charge < -0.3 is 14.8 Å². The number of aromatic nitrogens is 3. The number of para-hydroxylation sites is 2. The smallest absolute Gasteiger partial charge is 0.225 e. The number of benzene rings is 1. The normalized spacial score (nSPS) is 10.5. The molecule has 28 heavy (non-hydrogen) atoms. The van der Waals surface area contributed by atoms with Gasteiger partial charge in [-0.05, 0) is 43.2 Å². The third-order valence-electron chi connectivity index (χ3n) is 3.96. The number of nitrogens with one attached hydrogen (secondary N) is 1. The van der Waals surface area contributed by atoms with E-state index in [4.69, 9.17) is 9.47 Å². The second-order valence-corrected chi connectivity index (χ2v) is 6.13. The van der Waals surface area contributed by atoms with Crippen LogP contribution in [-0.4, -0.2) is 33.9 Å². The first-order valence-electron chi connectivity index (χ1n) is 9.31. The van der Waals surface area contributed by atoms with Crippen LogP contribution in [-0.2, 0) is 11.3 Å². The zero-order chi connectivity index (χ0) is 19.6. The van der Waals surface area contributed by atoms with E-state index in [0.29, 0.717) is 49.9 Å². The Kier molecular flexibility index (Phi) is 7.01. The molecular formula is C21H24N4O3. The summed E-state index contributed by atoms with van der Waals surface area (Å²) in [6.07, 6.45) is 6.29. The van der Waals surface area contributed by atoms with Crippen LogP contribution in [0.1, 0.15) is 25.3 Å². The number of hydrogen-bond donors (Lipinski definition) is 1. The summed E-state index contributed by atoms with van der Waals surface area (Å²) in [5.41, 5.74) is 1.10. The summed E-state index contributed by atoms with van der Waals surface area (Å²) in [5, 5.41) is 7.18. The van der Waals surface area contributed by atoms with Crippen LogP contribution in [0.4, 0.5) is 5.82 Å². The lowest BCUT2D eigenvalue weighted by molar-refractivity contribution is -0.116. The van der Waals surface area contributed by atoms with Gasteiger partial charge in [0, 0.05) is 31.1 Å². The van der Waals surface area contributed by atoms with Crippen LogP contribution in [0, 0.1) is 0 Å². The number of amides is 1. The SMILES string of the molecule is CCOc1ccccc1OCCCC(=O)Nc1ccn(Cc2ccncc2)n1. The summed E-state index contributed by atoms with van der Waals surface area (Å²) >= 11 is 0. The minimum atomic E-state index is -0.0872. The van der Waals surface area contributed by atoms with Crippen molar-refractivity contribution >= 4 is 11.7 Å². The minimum absolute atomic E-state index is 0.0872. The van der Waals surface area contributed by atoms with Crippen molar-refractivity contribution in [3.63, 3.8) is 0 Å². The molecule has 0 aliphatic rings. The monoisotopic (exact) mass is 380 g/mol. The molecule has 0 atom stereocenters. The Morgan fingerprint density at radius 3 is 2.57 bits per heavy atom. The fourth-order valence-corrected chi connectivity index (χ4v) is 2.66. The van der Waals surface area contributed by atoms with E-state index in [1.807, 2.05) is 49.5 Å². The Bertz CT molecular complexity index is 880. The topological polar surface area (TPSA) is 78.3 Å². The number of carbonyl (C=O) groups excluding carboxylic acids is 1. The van der Waals surface area contributed by atoms with Crippen LogP contribution in [0.15, 0.2) is 61.1 Å². The van der Waals surface area contributed by atoms with E-state index in [1.165, 1.54) is 0 Å². The molecule has 1 aromatic carbocycles. The molecule has 0 fully saturated rings. The lowest BCUT2D eigenvalue weighted by atomic mass is 10.3. The van der Waals surface area contributed by atoms with E-state index >= 15 is 0 Å². The molecule has 3 aromatic rings. The van der Waals surface area contributed by atoms with Gasteiger partial charge in [0.25, 0.3) is 0 Å². The van der Waals surface area contributed by atoms with Gasteiger partial charge in [0.2, 0.25) is 5.91 Å². The second-order valence-electron chi connectivity index (χ2n) is 6.13. The van der Waals surface area contributed by atoms with Crippen molar-refractivity contribution in [3.05, 3.63) is 66.6 Å². The Hall–Kier alpha value is -3.35. The average molecular weight is 380 g/mol. The molecule has 1 amide bonds. The highest BCUT2D eigenvalue weighted by Crippen LogP contribution is 2.26. The van der Waals surface area contributed by atoms with Crippen molar-refractivity contribution in [1.29, 1.82) is 0 Å². The van der Waals surface area contributed by atoms with E-state index in [-0.39, 0.29) is 5.91 Å². The van der Waals surface area contributed by atoms with E-state index in [0.717, 1.165) is 5.56 Å². The number of pyridine rings is 1. The molecule has 7 heteroatoms. The maximum atomic E-state index is 12.1. The molecule has 1 N–H and O–H groups in total. The maximum Gasteiger partial charge on any atom is 0.225 e.